The SMILES string of the molecule is CCC(Nc1ccc(I)cc1)C(=O)NN=Cc1cccs1. The number of anilines is 1. The smallest absolute Gasteiger partial charge is 0.262 e. The molecule has 0 aliphatic rings. The number of amides is 1. The second-order valence-electron chi connectivity index (χ2n) is 4.36. The Bertz CT molecular complexity index is 596. The van der Waals surface area contributed by atoms with E-state index in [0.29, 0.717) is 6.42 Å². The molecule has 2 N–H and O–H groups in total. The van der Waals surface area contributed by atoms with Crippen molar-refractivity contribution in [3.05, 3.63) is 50.2 Å². The van der Waals surface area contributed by atoms with Gasteiger partial charge in [0.15, 0.2) is 0 Å². The van der Waals surface area contributed by atoms with Gasteiger partial charge in [0.2, 0.25) is 0 Å². The summed E-state index contributed by atoms with van der Waals surface area (Å²) in [5.41, 5.74) is 3.51. The lowest BCUT2D eigenvalue weighted by atomic mass is 10.2. The molecule has 1 heterocycles. The first-order chi connectivity index (χ1) is 10.2. The topological polar surface area (TPSA) is 53.5 Å². The van der Waals surface area contributed by atoms with Crippen LogP contribution in [0.1, 0.15) is 18.2 Å². The first-order valence-corrected chi connectivity index (χ1v) is 8.53. The molecule has 1 atom stereocenters. The molecule has 0 spiro atoms. The van der Waals surface area contributed by atoms with Crippen LogP contribution in [0.5, 0.6) is 0 Å². The fraction of sp³-hybridized carbons (Fsp3) is 0.200. The van der Waals surface area contributed by atoms with Crippen molar-refractivity contribution in [1.82, 2.24) is 5.43 Å². The minimum absolute atomic E-state index is 0.135. The maximum Gasteiger partial charge on any atom is 0.262 e. The molecule has 0 saturated heterocycles. The Morgan fingerprint density at radius 3 is 2.76 bits per heavy atom. The zero-order chi connectivity index (χ0) is 15.1. The Kier molecular flexibility index (Phi) is 6.19. The van der Waals surface area contributed by atoms with E-state index in [9.17, 15) is 4.79 Å². The fourth-order valence-corrected chi connectivity index (χ4v) is 2.65. The normalized spacial score (nSPS) is 12.3. The predicted molar refractivity (Wildman–Crippen MR) is 96.9 cm³/mol. The van der Waals surface area contributed by atoms with Gasteiger partial charge in [0.1, 0.15) is 6.04 Å². The number of nitrogens with one attached hydrogen (secondary N) is 2. The van der Waals surface area contributed by atoms with Gasteiger partial charge in [0.25, 0.3) is 5.91 Å². The van der Waals surface area contributed by atoms with Crippen LogP contribution in [-0.4, -0.2) is 18.2 Å². The third kappa shape index (κ3) is 5.13. The predicted octanol–water partition coefficient (Wildman–Crippen LogP) is 3.69. The molecule has 0 bridgehead atoms. The number of hydrogen-bond donors (Lipinski definition) is 2. The van der Waals surface area contributed by atoms with E-state index < -0.39 is 0 Å². The number of rotatable bonds is 6. The average molecular weight is 413 g/mol. The maximum absolute atomic E-state index is 12.1. The first kappa shape index (κ1) is 16.0. The van der Waals surface area contributed by atoms with Crippen molar-refractivity contribution in [1.29, 1.82) is 0 Å². The van der Waals surface area contributed by atoms with Crippen molar-refractivity contribution in [2.45, 2.75) is 19.4 Å². The second-order valence-corrected chi connectivity index (χ2v) is 6.59. The van der Waals surface area contributed by atoms with Crippen LogP contribution in [0.15, 0.2) is 46.9 Å². The Labute approximate surface area is 141 Å². The third-order valence-electron chi connectivity index (χ3n) is 2.82. The van der Waals surface area contributed by atoms with Crippen molar-refractivity contribution < 1.29 is 4.79 Å². The van der Waals surface area contributed by atoms with Gasteiger partial charge in [-0.25, -0.2) is 5.43 Å². The number of carbonyl (C=O) groups is 1. The zero-order valence-corrected chi connectivity index (χ0v) is 14.5. The largest absolute Gasteiger partial charge is 0.374 e. The fourth-order valence-electron chi connectivity index (χ4n) is 1.70. The standard InChI is InChI=1S/C15H16IN3OS/c1-2-14(18-12-7-5-11(16)6-8-12)15(20)19-17-10-13-4-3-9-21-13/h3-10,14,18H,2H2,1H3,(H,19,20). The second kappa shape index (κ2) is 8.14. The van der Waals surface area contributed by atoms with Crippen molar-refractivity contribution in [3.8, 4) is 0 Å². The molecule has 4 nitrogen and oxygen atoms in total. The Morgan fingerprint density at radius 1 is 1.38 bits per heavy atom. The molecule has 1 aromatic heterocycles. The van der Waals surface area contributed by atoms with Crippen LogP contribution >= 0.6 is 33.9 Å². The van der Waals surface area contributed by atoms with Gasteiger partial charge >= 0.3 is 0 Å². The summed E-state index contributed by atoms with van der Waals surface area (Å²) < 4.78 is 1.16. The highest BCUT2D eigenvalue weighted by molar-refractivity contribution is 14.1. The van der Waals surface area contributed by atoms with Crippen LogP contribution in [0.4, 0.5) is 5.69 Å². The van der Waals surface area contributed by atoms with E-state index in [1.165, 1.54) is 0 Å². The van der Waals surface area contributed by atoms with Gasteiger partial charge in [-0.15, -0.1) is 11.3 Å². The van der Waals surface area contributed by atoms with Gasteiger partial charge in [-0.05, 0) is 64.7 Å². The minimum atomic E-state index is -0.300. The number of hydrogen-bond acceptors (Lipinski definition) is 4. The molecule has 1 amide bonds. The van der Waals surface area contributed by atoms with Crippen molar-refractivity contribution in [2.24, 2.45) is 5.10 Å². The van der Waals surface area contributed by atoms with E-state index in [-0.39, 0.29) is 11.9 Å². The van der Waals surface area contributed by atoms with Crippen LogP contribution in [-0.2, 0) is 4.79 Å². The summed E-state index contributed by atoms with van der Waals surface area (Å²) in [6.07, 6.45) is 2.34. The summed E-state index contributed by atoms with van der Waals surface area (Å²) in [6, 6.07) is 11.5. The molecular weight excluding hydrogens is 397 g/mol. The van der Waals surface area contributed by atoms with Crippen LogP contribution in [0.2, 0.25) is 0 Å². The summed E-state index contributed by atoms with van der Waals surface area (Å²) >= 11 is 3.83. The molecule has 2 aromatic rings. The number of thiophene rings is 1. The summed E-state index contributed by atoms with van der Waals surface area (Å²) in [6.45, 7) is 1.97. The van der Waals surface area contributed by atoms with Gasteiger partial charge in [0.05, 0.1) is 6.21 Å². The Balaban J connectivity index is 1.90. The lowest BCUT2D eigenvalue weighted by Gasteiger charge is -2.16. The zero-order valence-electron chi connectivity index (χ0n) is 11.5. The number of hydrazone groups is 1. The van der Waals surface area contributed by atoms with E-state index in [4.69, 9.17) is 0 Å². The number of carbonyl (C=O) groups excluding carboxylic acids is 1. The molecule has 0 saturated carbocycles. The molecule has 1 aromatic carbocycles. The third-order valence-corrected chi connectivity index (χ3v) is 4.35. The molecule has 0 aliphatic heterocycles. The number of halogens is 1. The highest BCUT2D eigenvalue weighted by Gasteiger charge is 2.15. The lowest BCUT2D eigenvalue weighted by Crippen LogP contribution is -2.36. The quantitative estimate of drug-likeness (QED) is 0.431. The minimum Gasteiger partial charge on any atom is -0.374 e. The van der Waals surface area contributed by atoms with Gasteiger partial charge in [-0.2, -0.15) is 5.10 Å². The van der Waals surface area contributed by atoms with Crippen LogP contribution < -0.4 is 10.7 Å². The Hall–Kier alpha value is -1.41. The average Bonchev–Trinajstić information content (AvgIpc) is 3.00. The van der Waals surface area contributed by atoms with E-state index >= 15 is 0 Å². The first-order valence-electron chi connectivity index (χ1n) is 6.57. The maximum atomic E-state index is 12.1. The lowest BCUT2D eigenvalue weighted by molar-refractivity contribution is -0.121. The summed E-state index contributed by atoms with van der Waals surface area (Å²) in [7, 11) is 0. The van der Waals surface area contributed by atoms with E-state index in [2.05, 4.69) is 38.4 Å². The highest BCUT2D eigenvalue weighted by Crippen LogP contribution is 2.13. The van der Waals surface area contributed by atoms with E-state index in [1.807, 2.05) is 48.7 Å². The molecule has 2 rings (SSSR count). The van der Waals surface area contributed by atoms with Crippen LogP contribution in [0, 0.1) is 3.57 Å². The van der Waals surface area contributed by atoms with Crippen molar-refractivity contribution in [2.75, 3.05) is 5.32 Å². The molecule has 0 fully saturated rings. The molecular formula is C15H16IN3OS. The van der Waals surface area contributed by atoms with Gasteiger partial charge in [0, 0.05) is 14.1 Å². The number of nitrogens with zero attached hydrogens (tertiary/aromatic N) is 1. The molecule has 110 valence electrons. The van der Waals surface area contributed by atoms with Gasteiger partial charge < -0.3 is 5.32 Å². The van der Waals surface area contributed by atoms with Crippen molar-refractivity contribution in [3.63, 3.8) is 0 Å². The highest BCUT2D eigenvalue weighted by atomic mass is 127. The van der Waals surface area contributed by atoms with Gasteiger partial charge in [-0.3, -0.25) is 4.79 Å². The molecule has 1 unspecified atom stereocenters. The van der Waals surface area contributed by atoms with E-state index in [0.717, 1.165) is 14.1 Å². The molecule has 0 radical (unpaired) electrons. The van der Waals surface area contributed by atoms with Crippen LogP contribution in [0.3, 0.4) is 0 Å². The number of benzene rings is 1. The molecule has 21 heavy (non-hydrogen) atoms. The van der Waals surface area contributed by atoms with Gasteiger partial charge in [-0.1, -0.05) is 13.0 Å². The summed E-state index contributed by atoms with van der Waals surface area (Å²) in [5.74, 6) is -0.135. The monoisotopic (exact) mass is 413 g/mol. The molecule has 6 heteroatoms. The molecule has 0 aliphatic carbocycles. The Morgan fingerprint density at radius 2 is 2.14 bits per heavy atom. The summed E-state index contributed by atoms with van der Waals surface area (Å²) in [5, 5.41) is 9.16. The van der Waals surface area contributed by atoms with Crippen LogP contribution in [0.25, 0.3) is 0 Å². The summed E-state index contributed by atoms with van der Waals surface area (Å²) in [4.78, 5) is 13.1. The van der Waals surface area contributed by atoms with Crippen molar-refractivity contribution >= 4 is 51.7 Å². The van der Waals surface area contributed by atoms with E-state index in [1.54, 1.807) is 17.6 Å².